The molecule has 1 aliphatic rings. The van der Waals surface area contributed by atoms with Crippen LogP contribution >= 0.6 is 0 Å². The summed E-state index contributed by atoms with van der Waals surface area (Å²) in [5.41, 5.74) is 1.33. The Morgan fingerprint density at radius 3 is 2.48 bits per heavy atom. The summed E-state index contributed by atoms with van der Waals surface area (Å²) in [5, 5.41) is 12.6. The molecule has 6 nitrogen and oxygen atoms in total. The molecule has 1 atom stereocenters. The van der Waals surface area contributed by atoms with E-state index in [4.69, 9.17) is 0 Å². The normalized spacial score (nSPS) is 17.2. The van der Waals surface area contributed by atoms with E-state index in [1.807, 2.05) is 4.68 Å². The van der Waals surface area contributed by atoms with Gasteiger partial charge in [-0.15, -0.1) is 5.10 Å². The van der Waals surface area contributed by atoms with Crippen LogP contribution in [0.1, 0.15) is 45.5 Å². The second kappa shape index (κ2) is 8.43. The highest BCUT2D eigenvalue weighted by Crippen LogP contribution is 2.15. The number of aromatic nitrogens is 4. The van der Waals surface area contributed by atoms with E-state index in [1.165, 1.54) is 5.69 Å². The van der Waals surface area contributed by atoms with Crippen LogP contribution in [0.4, 0.5) is 5.69 Å². The Bertz CT molecular complexity index is 630. The minimum Gasteiger partial charge on any atom is -0.360 e. The Morgan fingerprint density at radius 1 is 1.12 bits per heavy atom. The number of quaternary nitrogens is 1. The maximum atomic E-state index is 4.39. The summed E-state index contributed by atoms with van der Waals surface area (Å²) in [6.45, 7) is 12.1. The first-order chi connectivity index (χ1) is 12.2. The topological polar surface area (TPSA) is 51.3 Å². The number of rotatable bonds is 7. The van der Waals surface area contributed by atoms with Gasteiger partial charge in [0.2, 0.25) is 5.82 Å². The van der Waals surface area contributed by atoms with Crippen LogP contribution in [0.25, 0.3) is 0 Å². The van der Waals surface area contributed by atoms with Crippen molar-refractivity contribution in [3.05, 3.63) is 36.2 Å². The van der Waals surface area contributed by atoms with E-state index in [0.29, 0.717) is 12.0 Å². The molecule has 2 aromatic rings. The van der Waals surface area contributed by atoms with Crippen molar-refractivity contribution in [2.24, 2.45) is 5.92 Å². The molecule has 0 saturated carbocycles. The van der Waals surface area contributed by atoms with E-state index in [0.717, 1.165) is 51.4 Å². The summed E-state index contributed by atoms with van der Waals surface area (Å²) in [4.78, 5) is 4.09. The molecule has 136 valence electrons. The van der Waals surface area contributed by atoms with Gasteiger partial charge >= 0.3 is 0 Å². The predicted octanol–water partition coefficient (Wildman–Crippen LogP) is 1.58. The van der Waals surface area contributed by atoms with Crippen molar-refractivity contribution >= 4 is 5.69 Å². The average Bonchev–Trinajstić information content (AvgIpc) is 3.10. The minimum absolute atomic E-state index is 0.389. The third-order valence-corrected chi connectivity index (χ3v) is 5.22. The zero-order valence-electron chi connectivity index (χ0n) is 15.7. The predicted molar refractivity (Wildman–Crippen MR) is 99.7 cm³/mol. The summed E-state index contributed by atoms with van der Waals surface area (Å²) >= 11 is 0. The number of tetrazole rings is 1. The molecule has 0 spiro atoms. The standard InChI is InChI=1S/C19H30N6/c1-4-18(19-20-21-22-25(19)11-10-16(2)3)24-14-12-23(13-15-24)17-8-6-5-7-9-17/h5-9,16,18H,4,10-15H2,1-3H3/p+1/t18-/m1/s1. The van der Waals surface area contributed by atoms with E-state index in [1.54, 1.807) is 4.90 Å². The van der Waals surface area contributed by atoms with E-state index < -0.39 is 0 Å². The van der Waals surface area contributed by atoms with Crippen molar-refractivity contribution in [2.45, 2.75) is 46.2 Å². The van der Waals surface area contributed by atoms with Crippen molar-refractivity contribution in [3.63, 3.8) is 0 Å². The van der Waals surface area contributed by atoms with Crippen LogP contribution in [0.15, 0.2) is 30.3 Å². The van der Waals surface area contributed by atoms with E-state index in [-0.39, 0.29) is 0 Å². The van der Waals surface area contributed by atoms with Crippen molar-refractivity contribution in [3.8, 4) is 0 Å². The fourth-order valence-electron chi connectivity index (χ4n) is 3.69. The van der Waals surface area contributed by atoms with Crippen molar-refractivity contribution < 1.29 is 4.90 Å². The lowest BCUT2D eigenvalue weighted by molar-refractivity contribution is -0.933. The second-order valence-corrected chi connectivity index (χ2v) is 7.38. The van der Waals surface area contributed by atoms with Crippen molar-refractivity contribution in [1.29, 1.82) is 0 Å². The zero-order chi connectivity index (χ0) is 17.6. The maximum absolute atomic E-state index is 4.39. The molecule has 1 aromatic heterocycles. The SMILES string of the molecule is CC[C@H](c1nnnn1CCC(C)C)[NH+]1CCN(c2ccccc2)CC1. The Morgan fingerprint density at radius 2 is 1.84 bits per heavy atom. The Hall–Kier alpha value is -1.95. The quantitative estimate of drug-likeness (QED) is 0.829. The Labute approximate surface area is 150 Å². The van der Waals surface area contributed by atoms with Gasteiger partial charge in [-0.2, -0.15) is 0 Å². The molecule has 1 fully saturated rings. The van der Waals surface area contributed by atoms with Crippen LogP contribution in [0.2, 0.25) is 0 Å². The third-order valence-electron chi connectivity index (χ3n) is 5.22. The summed E-state index contributed by atoms with van der Waals surface area (Å²) in [5.74, 6) is 1.73. The monoisotopic (exact) mass is 343 g/mol. The number of piperazine rings is 1. The number of aryl methyl sites for hydroxylation is 1. The summed E-state index contributed by atoms with van der Waals surface area (Å²) in [6, 6.07) is 11.1. The van der Waals surface area contributed by atoms with Crippen molar-refractivity contribution in [2.75, 3.05) is 31.1 Å². The van der Waals surface area contributed by atoms with Gasteiger partial charge in [-0.1, -0.05) is 39.0 Å². The molecule has 25 heavy (non-hydrogen) atoms. The van der Waals surface area contributed by atoms with Gasteiger partial charge in [0.25, 0.3) is 0 Å². The molecule has 1 aromatic carbocycles. The molecular weight excluding hydrogens is 312 g/mol. The molecule has 1 N–H and O–H groups in total. The lowest BCUT2D eigenvalue weighted by Gasteiger charge is -2.36. The number of hydrogen-bond donors (Lipinski definition) is 1. The molecule has 1 aliphatic heterocycles. The van der Waals surface area contributed by atoms with Gasteiger partial charge in [-0.25, -0.2) is 4.68 Å². The highest BCUT2D eigenvalue weighted by molar-refractivity contribution is 5.46. The maximum Gasteiger partial charge on any atom is 0.209 e. The molecule has 3 rings (SSSR count). The lowest BCUT2D eigenvalue weighted by Crippen LogP contribution is -3.15. The molecule has 2 heterocycles. The molecule has 1 saturated heterocycles. The Kier molecular flexibility index (Phi) is 6.02. The lowest BCUT2D eigenvalue weighted by atomic mass is 10.1. The van der Waals surface area contributed by atoms with Gasteiger partial charge in [-0.3, -0.25) is 0 Å². The minimum atomic E-state index is 0.389. The van der Waals surface area contributed by atoms with Crippen LogP contribution in [-0.2, 0) is 6.54 Å². The first-order valence-electron chi connectivity index (χ1n) is 9.59. The molecule has 6 heteroatoms. The van der Waals surface area contributed by atoms with Gasteiger partial charge in [0.05, 0.1) is 26.2 Å². The molecule has 0 bridgehead atoms. The number of nitrogens with one attached hydrogen (secondary N) is 1. The summed E-state index contributed by atoms with van der Waals surface area (Å²) in [7, 11) is 0. The second-order valence-electron chi connectivity index (χ2n) is 7.38. The van der Waals surface area contributed by atoms with Crippen molar-refractivity contribution in [1.82, 2.24) is 20.2 Å². The fourth-order valence-corrected chi connectivity index (χ4v) is 3.69. The molecule has 0 radical (unpaired) electrons. The summed E-state index contributed by atoms with van der Waals surface area (Å²) in [6.07, 6.45) is 2.19. The van der Waals surface area contributed by atoms with E-state index >= 15 is 0 Å². The molecule has 0 aliphatic carbocycles. The molecular formula is C19H31N6+. The van der Waals surface area contributed by atoms with E-state index in [9.17, 15) is 0 Å². The van der Waals surface area contributed by atoms with Gasteiger partial charge in [-0.05, 0) is 34.9 Å². The zero-order valence-corrected chi connectivity index (χ0v) is 15.7. The number of anilines is 1. The largest absolute Gasteiger partial charge is 0.360 e. The highest BCUT2D eigenvalue weighted by atomic mass is 15.5. The third kappa shape index (κ3) is 4.37. The van der Waals surface area contributed by atoms with Gasteiger partial charge < -0.3 is 9.80 Å². The smallest absolute Gasteiger partial charge is 0.209 e. The first kappa shape index (κ1) is 17.9. The number of hydrogen-bond acceptors (Lipinski definition) is 4. The van der Waals surface area contributed by atoms with Crippen LogP contribution in [0.5, 0.6) is 0 Å². The highest BCUT2D eigenvalue weighted by Gasteiger charge is 2.31. The van der Waals surface area contributed by atoms with Gasteiger partial charge in [0.15, 0.2) is 0 Å². The van der Waals surface area contributed by atoms with Gasteiger partial charge in [0, 0.05) is 18.7 Å². The van der Waals surface area contributed by atoms with E-state index in [2.05, 4.69) is 71.5 Å². The Balaban J connectivity index is 1.64. The summed E-state index contributed by atoms with van der Waals surface area (Å²) < 4.78 is 2.03. The number of para-hydroxylation sites is 1. The molecule has 0 unspecified atom stereocenters. The number of nitrogens with zero attached hydrogens (tertiary/aromatic N) is 5. The fraction of sp³-hybridized carbons (Fsp3) is 0.632. The van der Waals surface area contributed by atoms with Gasteiger partial charge in [0.1, 0.15) is 6.04 Å². The van der Waals surface area contributed by atoms with Crippen LogP contribution < -0.4 is 9.80 Å². The number of benzene rings is 1. The van der Waals surface area contributed by atoms with Crippen LogP contribution in [0, 0.1) is 5.92 Å². The van der Waals surface area contributed by atoms with Crippen LogP contribution in [0.3, 0.4) is 0 Å². The average molecular weight is 343 g/mol. The van der Waals surface area contributed by atoms with Crippen LogP contribution in [-0.4, -0.2) is 46.4 Å². The first-order valence-corrected chi connectivity index (χ1v) is 9.59. The molecule has 0 amide bonds.